The van der Waals surface area contributed by atoms with Crippen LogP contribution < -0.4 is 10.1 Å². The average molecular weight is 314 g/mol. The van der Waals surface area contributed by atoms with Crippen LogP contribution in [-0.2, 0) is 0 Å². The minimum absolute atomic E-state index is 0.210. The van der Waals surface area contributed by atoms with Crippen molar-refractivity contribution < 1.29 is 4.74 Å². The molecule has 0 unspecified atom stereocenters. The molecule has 1 aromatic rings. The van der Waals surface area contributed by atoms with Crippen molar-refractivity contribution in [2.75, 3.05) is 13.2 Å². The van der Waals surface area contributed by atoms with Crippen molar-refractivity contribution in [3.8, 4) is 5.75 Å². The molecule has 0 saturated carbocycles. The van der Waals surface area contributed by atoms with E-state index in [0.717, 1.165) is 36.2 Å². The third-order valence-corrected chi connectivity index (χ3v) is 3.13. The van der Waals surface area contributed by atoms with Gasteiger partial charge in [0.1, 0.15) is 5.75 Å². The molecule has 1 rings (SSSR count). The minimum atomic E-state index is 0.210. The molecule has 0 aliphatic rings. The molecule has 0 aliphatic carbocycles. The van der Waals surface area contributed by atoms with E-state index in [9.17, 15) is 0 Å². The molecule has 0 aliphatic heterocycles. The lowest BCUT2D eigenvalue weighted by Gasteiger charge is -2.20. The number of rotatable bonds is 6. The van der Waals surface area contributed by atoms with Crippen LogP contribution >= 0.6 is 15.9 Å². The zero-order chi connectivity index (χ0) is 13.6. The van der Waals surface area contributed by atoms with Crippen molar-refractivity contribution in [1.29, 1.82) is 0 Å². The summed E-state index contributed by atoms with van der Waals surface area (Å²) in [6.45, 7) is 10.5. The molecule has 1 N–H and O–H groups in total. The molecular weight excluding hydrogens is 290 g/mol. The first-order valence-electron chi connectivity index (χ1n) is 6.52. The van der Waals surface area contributed by atoms with Crippen molar-refractivity contribution in [2.24, 2.45) is 0 Å². The number of halogens is 1. The maximum absolute atomic E-state index is 5.79. The van der Waals surface area contributed by atoms with Crippen LogP contribution in [-0.4, -0.2) is 18.7 Å². The van der Waals surface area contributed by atoms with E-state index in [1.54, 1.807) is 0 Å². The molecule has 0 atom stereocenters. The highest BCUT2D eigenvalue weighted by Gasteiger charge is 2.07. The summed E-state index contributed by atoms with van der Waals surface area (Å²) >= 11 is 3.46. The first kappa shape index (κ1) is 15.5. The van der Waals surface area contributed by atoms with E-state index in [1.807, 2.05) is 12.1 Å². The van der Waals surface area contributed by atoms with E-state index in [0.29, 0.717) is 0 Å². The predicted molar refractivity (Wildman–Crippen MR) is 81.4 cm³/mol. The topological polar surface area (TPSA) is 21.3 Å². The molecule has 0 bridgehead atoms. The van der Waals surface area contributed by atoms with Crippen LogP contribution in [0.3, 0.4) is 0 Å². The number of hydrogen-bond acceptors (Lipinski definition) is 2. The summed E-state index contributed by atoms with van der Waals surface area (Å²) in [5, 5.41) is 3.48. The lowest BCUT2D eigenvalue weighted by Crippen LogP contribution is -2.36. The number of aryl methyl sites for hydroxylation is 1. The van der Waals surface area contributed by atoms with Crippen LogP contribution in [0, 0.1) is 6.92 Å². The zero-order valence-electron chi connectivity index (χ0n) is 11.8. The van der Waals surface area contributed by atoms with Crippen molar-refractivity contribution in [3.05, 3.63) is 28.2 Å². The largest absolute Gasteiger partial charge is 0.493 e. The Morgan fingerprint density at radius 3 is 2.61 bits per heavy atom. The Bertz CT molecular complexity index is 371. The van der Waals surface area contributed by atoms with Crippen LogP contribution in [0.4, 0.5) is 0 Å². The molecule has 0 heterocycles. The average Bonchev–Trinajstić information content (AvgIpc) is 2.26. The van der Waals surface area contributed by atoms with Gasteiger partial charge in [0, 0.05) is 10.0 Å². The van der Waals surface area contributed by atoms with Gasteiger partial charge in [-0.25, -0.2) is 0 Å². The normalized spacial score (nSPS) is 11.6. The Morgan fingerprint density at radius 2 is 1.94 bits per heavy atom. The van der Waals surface area contributed by atoms with Crippen LogP contribution in [0.25, 0.3) is 0 Å². The molecule has 0 saturated heterocycles. The van der Waals surface area contributed by atoms with Gasteiger partial charge in [0.25, 0.3) is 0 Å². The zero-order valence-corrected chi connectivity index (χ0v) is 13.4. The molecule has 0 aromatic heterocycles. The van der Waals surface area contributed by atoms with E-state index in [-0.39, 0.29) is 5.54 Å². The van der Waals surface area contributed by atoms with E-state index < -0.39 is 0 Å². The second-order valence-electron chi connectivity index (χ2n) is 5.64. The predicted octanol–water partition coefficient (Wildman–Crippen LogP) is 4.30. The molecule has 0 spiro atoms. The summed E-state index contributed by atoms with van der Waals surface area (Å²) in [7, 11) is 0. The molecule has 0 amide bonds. The molecular formula is C15H24BrNO. The monoisotopic (exact) mass is 313 g/mol. The van der Waals surface area contributed by atoms with Gasteiger partial charge in [0.2, 0.25) is 0 Å². The van der Waals surface area contributed by atoms with Crippen LogP contribution in [0.5, 0.6) is 5.75 Å². The third kappa shape index (κ3) is 6.41. The molecule has 0 fully saturated rings. The molecule has 3 heteroatoms. The fraction of sp³-hybridized carbons (Fsp3) is 0.600. The summed E-state index contributed by atoms with van der Waals surface area (Å²) < 4.78 is 6.86. The number of benzene rings is 1. The lowest BCUT2D eigenvalue weighted by molar-refractivity contribution is 0.299. The van der Waals surface area contributed by atoms with Crippen LogP contribution in [0.1, 0.15) is 39.2 Å². The van der Waals surface area contributed by atoms with Crippen LogP contribution in [0.2, 0.25) is 0 Å². The second-order valence-corrected chi connectivity index (χ2v) is 6.56. The summed E-state index contributed by atoms with van der Waals surface area (Å²) in [5.74, 6) is 0.980. The van der Waals surface area contributed by atoms with Gasteiger partial charge in [-0.1, -0.05) is 22.0 Å². The van der Waals surface area contributed by atoms with E-state index >= 15 is 0 Å². The summed E-state index contributed by atoms with van der Waals surface area (Å²) in [6, 6.07) is 6.14. The van der Waals surface area contributed by atoms with Gasteiger partial charge in [0.15, 0.2) is 0 Å². The summed E-state index contributed by atoms with van der Waals surface area (Å²) in [5.41, 5.74) is 1.40. The fourth-order valence-electron chi connectivity index (χ4n) is 1.60. The Kier molecular flexibility index (Phi) is 6.16. The summed E-state index contributed by atoms with van der Waals surface area (Å²) in [4.78, 5) is 0. The van der Waals surface area contributed by atoms with Crippen molar-refractivity contribution in [3.63, 3.8) is 0 Å². The second kappa shape index (κ2) is 7.15. The Balaban J connectivity index is 2.20. The number of ether oxygens (including phenoxy) is 1. The quantitative estimate of drug-likeness (QED) is 0.790. The molecule has 102 valence electrons. The number of nitrogens with one attached hydrogen (secondary N) is 1. The van der Waals surface area contributed by atoms with Crippen LogP contribution in [0.15, 0.2) is 22.7 Å². The third-order valence-electron chi connectivity index (χ3n) is 2.63. The van der Waals surface area contributed by atoms with Gasteiger partial charge in [0.05, 0.1) is 6.61 Å². The first-order chi connectivity index (χ1) is 8.38. The van der Waals surface area contributed by atoms with E-state index in [4.69, 9.17) is 4.74 Å². The highest BCUT2D eigenvalue weighted by Crippen LogP contribution is 2.22. The first-order valence-corrected chi connectivity index (χ1v) is 7.32. The fourth-order valence-corrected chi connectivity index (χ4v) is 1.94. The van der Waals surface area contributed by atoms with Crippen molar-refractivity contribution >= 4 is 15.9 Å². The van der Waals surface area contributed by atoms with E-state index in [1.165, 1.54) is 5.56 Å². The van der Waals surface area contributed by atoms with Gasteiger partial charge < -0.3 is 10.1 Å². The minimum Gasteiger partial charge on any atom is -0.493 e. The van der Waals surface area contributed by atoms with Gasteiger partial charge in [-0.15, -0.1) is 0 Å². The molecule has 1 aromatic carbocycles. The van der Waals surface area contributed by atoms with Gasteiger partial charge in [-0.3, -0.25) is 0 Å². The maximum Gasteiger partial charge on any atom is 0.123 e. The van der Waals surface area contributed by atoms with Gasteiger partial charge in [-0.2, -0.15) is 0 Å². The number of hydrogen-bond donors (Lipinski definition) is 1. The van der Waals surface area contributed by atoms with Gasteiger partial charge in [-0.05, 0) is 64.8 Å². The van der Waals surface area contributed by atoms with Crippen molar-refractivity contribution in [2.45, 2.75) is 46.1 Å². The van der Waals surface area contributed by atoms with Gasteiger partial charge >= 0.3 is 0 Å². The Labute approximate surface area is 119 Å². The molecule has 18 heavy (non-hydrogen) atoms. The van der Waals surface area contributed by atoms with E-state index in [2.05, 4.69) is 55.0 Å². The molecule has 2 nitrogen and oxygen atoms in total. The number of unbranched alkanes of at least 4 members (excludes halogenated alkanes) is 1. The van der Waals surface area contributed by atoms with Crippen molar-refractivity contribution in [1.82, 2.24) is 5.32 Å². The molecule has 0 radical (unpaired) electrons. The summed E-state index contributed by atoms with van der Waals surface area (Å²) in [6.07, 6.45) is 2.22. The lowest BCUT2D eigenvalue weighted by atomic mass is 10.1. The standard InChI is InChI=1S/C15H24BrNO/c1-12-7-8-13(16)11-14(12)18-10-6-5-9-17-15(2,3)4/h7-8,11,17H,5-6,9-10H2,1-4H3. The Hall–Kier alpha value is -0.540. The maximum atomic E-state index is 5.79. The smallest absolute Gasteiger partial charge is 0.123 e. The highest BCUT2D eigenvalue weighted by atomic mass is 79.9. The Morgan fingerprint density at radius 1 is 1.22 bits per heavy atom. The SMILES string of the molecule is Cc1ccc(Br)cc1OCCCCNC(C)(C)C. The highest BCUT2D eigenvalue weighted by molar-refractivity contribution is 9.10.